The molecule has 5 rings (SSSR count). The van der Waals surface area contributed by atoms with Crippen LogP contribution in [-0.4, -0.2) is 66.6 Å². The lowest BCUT2D eigenvalue weighted by atomic mass is 9.98. The Morgan fingerprint density at radius 1 is 0.821 bits per heavy atom. The van der Waals surface area contributed by atoms with Crippen molar-refractivity contribution in [1.29, 1.82) is 0 Å². The molecule has 0 unspecified atom stereocenters. The summed E-state index contributed by atoms with van der Waals surface area (Å²) in [6.45, 7) is 4.84. The Morgan fingerprint density at radius 3 is 1.89 bits per heavy atom. The van der Waals surface area contributed by atoms with Crippen molar-refractivity contribution in [2.45, 2.75) is 51.4 Å². The number of benzene rings is 4. The molecular weight excluding hydrogens is 757 g/mol. The molecule has 0 aliphatic carbocycles. The first kappa shape index (κ1) is 43.6. The van der Waals surface area contributed by atoms with Crippen molar-refractivity contribution >= 4 is 17.5 Å². The van der Waals surface area contributed by atoms with Gasteiger partial charge in [-0.3, -0.25) is 9.59 Å². The highest BCUT2D eigenvalue weighted by molar-refractivity contribution is 6.02. The third kappa shape index (κ3) is 11.7. The molecule has 0 spiro atoms. The average molecular weight is 798 g/mol. The van der Waals surface area contributed by atoms with Crippen LogP contribution in [-0.2, 0) is 36.3 Å². The standard InChI is InChI=1S/C23H25F3N2O4.C17H15F6N/c1-14-11-28(15(2)12-29)22(31)18-4-3-5-19(21(18)32-13-14)27-20(30)10-16-6-8-17(9-7-16)23(24,25)26;1-24(2)10-11-3-5-12(6-4-11)13-7-14(16(18,19)20)9-15(8-13)17(21,22)23/h3-9,14-15,29H,10-13H2,1-2H3,(H,27,30);3-9H,10H2,1-2H3/t14-,15+;/m1./s1. The van der Waals surface area contributed by atoms with Crippen molar-refractivity contribution in [3.8, 4) is 16.9 Å². The number of amides is 2. The summed E-state index contributed by atoms with van der Waals surface area (Å²) in [5.74, 6) is -0.534. The van der Waals surface area contributed by atoms with E-state index >= 15 is 0 Å². The summed E-state index contributed by atoms with van der Waals surface area (Å²) in [6.07, 6.45) is -14.3. The normalized spacial score (nSPS) is 15.5. The first-order chi connectivity index (χ1) is 26.1. The molecule has 1 aliphatic rings. The van der Waals surface area contributed by atoms with Gasteiger partial charge in [0, 0.05) is 19.0 Å². The fraction of sp³-hybridized carbons (Fsp3) is 0.350. The van der Waals surface area contributed by atoms with Gasteiger partial charge in [-0.1, -0.05) is 49.4 Å². The van der Waals surface area contributed by atoms with E-state index in [0.29, 0.717) is 36.5 Å². The lowest BCUT2D eigenvalue weighted by Gasteiger charge is -2.33. The fourth-order valence-corrected chi connectivity index (χ4v) is 5.77. The Morgan fingerprint density at radius 2 is 1.38 bits per heavy atom. The molecule has 0 saturated heterocycles. The van der Waals surface area contributed by atoms with Crippen molar-refractivity contribution in [3.63, 3.8) is 0 Å². The van der Waals surface area contributed by atoms with Crippen LogP contribution in [0.3, 0.4) is 0 Å². The molecule has 16 heteroatoms. The molecule has 0 bridgehead atoms. The minimum absolute atomic E-state index is 0.00277. The van der Waals surface area contributed by atoms with Gasteiger partial charge in [0.05, 0.1) is 53.6 Å². The zero-order valence-corrected chi connectivity index (χ0v) is 30.7. The number of aliphatic hydroxyl groups is 1. The van der Waals surface area contributed by atoms with Crippen molar-refractivity contribution < 1.29 is 58.9 Å². The van der Waals surface area contributed by atoms with Gasteiger partial charge in [0.15, 0.2) is 5.75 Å². The molecule has 4 aromatic rings. The Bertz CT molecular complexity index is 1930. The van der Waals surface area contributed by atoms with E-state index in [1.165, 1.54) is 24.3 Å². The number of ether oxygens (including phenoxy) is 1. The highest BCUT2D eigenvalue weighted by atomic mass is 19.4. The summed E-state index contributed by atoms with van der Waals surface area (Å²) in [4.78, 5) is 29.1. The Balaban J connectivity index is 0.000000259. The van der Waals surface area contributed by atoms with Gasteiger partial charge in [0.2, 0.25) is 5.91 Å². The monoisotopic (exact) mass is 797 g/mol. The van der Waals surface area contributed by atoms with Gasteiger partial charge >= 0.3 is 18.5 Å². The van der Waals surface area contributed by atoms with Crippen molar-refractivity contribution in [3.05, 3.63) is 118 Å². The second-order valence-corrected chi connectivity index (χ2v) is 13.7. The lowest BCUT2D eigenvalue weighted by molar-refractivity contribution is -0.143. The maximum atomic E-state index is 13.1. The number of anilines is 1. The first-order valence-electron chi connectivity index (χ1n) is 17.2. The molecule has 0 saturated carbocycles. The van der Waals surface area contributed by atoms with E-state index in [-0.39, 0.29) is 53.8 Å². The Hall–Kier alpha value is -5.09. The van der Waals surface area contributed by atoms with Gasteiger partial charge in [-0.25, -0.2) is 0 Å². The highest BCUT2D eigenvalue weighted by Crippen LogP contribution is 2.39. The number of carbonyl (C=O) groups excluding carboxylic acids is 2. The summed E-state index contributed by atoms with van der Waals surface area (Å²) in [5.41, 5.74) is -1.33. The summed E-state index contributed by atoms with van der Waals surface area (Å²) in [5, 5.41) is 12.2. The van der Waals surface area contributed by atoms with E-state index in [1.807, 2.05) is 25.9 Å². The average Bonchev–Trinajstić information content (AvgIpc) is 3.11. The minimum Gasteiger partial charge on any atom is -0.490 e. The van der Waals surface area contributed by atoms with E-state index in [2.05, 4.69) is 5.32 Å². The van der Waals surface area contributed by atoms with Crippen LogP contribution in [0.15, 0.2) is 84.9 Å². The number of hydrogen-bond acceptors (Lipinski definition) is 5. The van der Waals surface area contributed by atoms with Crippen LogP contribution in [0.5, 0.6) is 5.75 Å². The third-order valence-corrected chi connectivity index (χ3v) is 8.62. The summed E-state index contributed by atoms with van der Waals surface area (Å²) in [6, 6.07) is 16.8. The number of para-hydroxylation sites is 1. The molecular formula is C40H40F9N3O4. The number of alkyl halides is 9. The maximum absolute atomic E-state index is 13.1. The minimum atomic E-state index is -4.85. The van der Waals surface area contributed by atoms with Gasteiger partial charge < -0.3 is 25.0 Å². The topological polar surface area (TPSA) is 82.1 Å². The van der Waals surface area contributed by atoms with Crippen molar-refractivity contribution in [2.24, 2.45) is 5.92 Å². The van der Waals surface area contributed by atoms with E-state index in [4.69, 9.17) is 4.74 Å². The smallest absolute Gasteiger partial charge is 0.416 e. The molecule has 1 aliphatic heterocycles. The van der Waals surface area contributed by atoms with Crippen LogP contribution in [0.4, 0.5) is 45.2 Å². The number of fused-ring (bicyclic) bond motifs is 1. The molecule has 0 fully saturated rings. The molecule has 302 valence electrons. The van der Waals surface area contributed by atoms with Crippen LogP contribution in [0, 0.1) is 5.92 Å². The molecule has 4 aromatic carbocycles. The number of hydrogen-bond donors (Lipinski definition) is 2. The van der Waals surface area contributed by atoms with Crippen molar-refractivity contribution in [1.82, 2.24) is 9.80 Å². The van der Waals surface area contributed by atoms with E-state index in [0.717, 1.165) is 29.8 Å². The predicted molar refractivity (Wildman–Crippen MR) is 192 cm³/mol. The van der Waals surface area contributed by atoms with Crippen LogP contribution in [0.2, 0.25) is 0 Å². The molecule has 2 amide bonds. The lowest BCUT2D eigenvalue weighted by Crippen LogP contribution is -2.45. The molecule has 2 atom stereocenters. The maximum Gasteiger partial charge on any atom is 0.416 e. The fourth-order valence-electron chi connectivity index (χ4n) is 5.77. The van der Waals surface area contributed by atoms with Crippen LogP contribution < -0.4 is 10.1 Å². The van der Waals surface area contributed by atoms with Gasteiger partial charge in [-0.15, -0.1) is 0 Å². The SMILES string of the molecule is CN(C)Cc1ccc(-c2cc(C(F)(F)F)cc(C(F)(F)F)c2)cc1.C[C@H]1COc2c(NC(=O)Cc3ccc(C(F)(F)F)cc3)cccc2C(=O)N([C@@H](C)CO)C1. The molecule has 0 radical (unpaired) electrons. The van der Waals surface area contributed by atoms with Gasteiger partial charge in [0.25, 0.3) is 5.91 Å². The second-order valence-electron chi connectivity index (χ2n) is 13.7. The quantitative estimate of drug-likeness (QED) is 0.174. The number of aliphatic hydroxyl groups excluding tert-OH is 1. The summed E-state index contributed by atoms with van der Waals surface area (Å²) >= 11 is 0. The first-order valence-corrected chi connectivity index (χ1v) is 17.2. The van der Waals surface area contributed by atoms with Crippen LogP contribution >= 0.6 is 0 Å². The van der Waals surface area contributed by atoms with E-state index in [1.54, 1.807) is 42.2 Å². The molecule has 1 heterocycles. The molecule has 56 heavy (non-hydrogen) atoms. The number of rotatable bonds is 8. The van der Waals surface area contributed by atoms with Gasteiger partial charge in [-0.05, 0) is 85.7 Å². The second kappa shape index (κ2) is 17.8. The number of nitrogens with one attached hydrogen (secondary N) is 1. The Labute approximate surface area is 317 Å². The van der Waals surface area contributed by atoms with Gasteiger partial charge in [0.1, 0.15) is 0 Å². The van der Waals surface area contributed by atoms with E-state index < -0.39 is 41.1 Å². The molecule has 2 N–H and O–H groups in total. The predicted octanol–water partition coefficient (Wildman–Crippen LogP) is 9.19. The van der Waals surface area contributed by atoms with Crippen LogP contribution in [0.1, 0.15) is 52.0 Å². The zero-order chi connectivity index (χ0) is 41.6. The zero-order valence-electron chi connectivity index (χ0n) is 30.7. The summed E-state index contributed by atoms with van der Waals surface area (Å²) < 4.78 is 121. The Kier molecular flexibility index (Phi) is 13.9. The third-order valence-electron chi connectivity index (χ3n) is 8.62. The number of halogens is 9. The molecule has 7 nitrogen and oxygen atoms in total. The molecule has 0 aromatic heterocycles. The highest BCUT2D eigenvalue weighted by Gasteiger charge is 2.37. The number of nitrogens with zero attached hydrogens (tertiary/aromatic N) is 2. The number of carbonyl (C=O) groups is 2. The van der Waals surface area contributed by atoms with E-state index in [9.17, 15) is 54.2 Å². The van der Waals surface area contributed by atoms with Crippen molar-refractivity contribution in [2.75, 3.05) is 39.2 Å². The largest absolute Gasteiger partial charge is 0.490 e. The summed E-state index contributed by atoms with van der Waals surface area (Å²) in [7, 11) is 3.71. The van der Waals surface area contributed by atoms with Crippen LogP contribution in [0.25, 0.3) is 11.1 Å². The van der Waals surface area contributed by atoms with Gasteiger partial charge in [-0.2, -0.15) is 39.5 Å².